The summed E-state index contributed by atoms with van der Waals surface area (Å²) in [5.74, 6) is 1.56. The maximum atomic E-state index is 13.0. The quantitative estimate of drug-likeness (QED) is 0.405. The summed E-state index contributed by atoms with van der Waals surface area (Å²) in [6, 6.07) is 18.1. The molecule has 0 radical (unpaired) electrons. The molecule has 35 heavy (non-hydrogen) atoms. The van der Waals surface area contributed by atoms with E-state index >= 15 is 0 Å². The van der Waals surface area contributed by atoms with Crippen LogP contribution in [0.15, 0.2) is 80.9 Å². The minimum atomic E-state index is -0.0839. The number of halogens is 1. The molecule has 0 amide bonds. The molecule has 4 heterocycles. The second-order valence-electron chi connectivity index (χ2n) is 9.45. The van der Waals surface area contributed by atoms with Crippen molar-refractivity contribution in [3.05, 3.63) is 98.2 Å². The number of piperidine rings is 1. The summed E-state index contributed by atoms with van der Waals surface area (Å²) in [6.07, 6.45) is 2.63. The number of likely N-dealkylation sites (tertiary alicyclic amines) is 1. The number of pyridine rings is 1. The van der Waals surface area contributed by atoms with E-state index in [0.29, 0.717) is 45.7 Å². The van der Waals surface area contributed by atoms with Crippen molar-refractivity contribution in [1.29, 1.82) is 0 Å². The Bertz CT molecular complexity index is 1510. The Morgan fingerprint density at radius 2 is 1.86 bits per heavy atom. The first-order valence-corrected chi connectivity index (χ1v) is 12.3. The lowest BCUT2D eigenvalue weighted by molar-refractivity contribution is 0.104. The molecule has 1 fully saturated rings. The van der Waals surface area contributed by atoms with Crippen LogP contribution in [0.3, 0.4) is 0 Å². The average Bonchev–Trinajstić information content (AvgIpc) is 2.86. The van der Waals surface area contributed by atoms with Gasteiger partial charge in [0, 0.05) is 54.9 Å². The van der Waals surface area contributed by atoms with Crippen LogP contribution in [0.2, 0.25) is 5.02 Å². The highest BCUT2D eigenvalue weighted by atomic mass is 35.5. The van der Waals surface area contributed by atoms with E-state index in [4.69, 9.17) is 20.8 Å². The zero-order valence-corrected chi connectivity index (χ0v) is 19.9. The highest BCUT2D eigenvalue weighted by molar-refractivity contribution is 6.30. The van der Waals surface area contributed by atoms with Gasteiger partial charge in [-0.1, -0.05) is 29.8 Å². The summed E-state index contributed by atoms with van der Waals surface area (Å²) in [7, 11) is 0. The number of nitrogens with zero attached hydrogens (tertiary/aromatic N) is 2. The number of aromatic nitrogens is 1. The minimum Gasteiger partial charge on any atom is -0.492 e. The molecule has 2 atom stereocenters. The van der Waals surface area contributed by atoms with Crippen molar-refractivity contribution in [3.8, 4) is 16.9 Å². The Kier molecular flexibility index (Phi) is 5.71. The van der Waals surface area contributed by atoms with Gasteiger partial charge in [-0.25, -0.2) is 0 Å². The van der Waals surface area contributed by atoms with Gasteiger partial charge in [-0.05, 0) is 48.2 Å². The molecular weight excluding hydrogens is 464 g/mol. The van der Waals surface area contributed by atoms with Crippen LogP contribution in [0.25, 0.3) is 22.1 Å². The lowest BCUT2D eigenvalue weighted by Gasteiger charge is -2.42. The summed E-state index contributed by atoms with van der Waals surface area (Å²) < 4.78 is 13.8. The van der Waals surface area contributed by atoms with Gasteiger partial charge in [-0.2, -0.15) is 0 Å². The largest absolute Gasteiger partial charge is 0.492 e. The van der Waals surface area contributed by atoms with Crippen molar-refractivity contribution >= 4 is 22.6 Å². The van der Waals surface area contributed by atoms with Gasteiger partial charge in [0.05, 0.1) is 10.9 Å². The Morgan fingerprint density at radius 3 is 2.71 bits per heavy atom. The Balaban J connectivity index is 1.12. The summed E-state index contributed by atoms with van der Waals surface area (Å²) in [6.45, 7) is 4.05. The molecule has 2 aromatic heterocycles. The smallest absolute Gasteiger partial charge is 0.250 e. The molecular formula is C28H25ClN2O4. The molecule has 2 aliphatic rings. The molecule has 0 saturated carbocycles. The van der Waals surface area contributed by atoms with Crippen LogP contribution in [0.5, 0.6) is 5.75 Å². The highest BCUT2D eigenvalue weighted by Crippen LogP contribution is 2.34. The van der Waals surface area contributed by atoms with Gasteiger partial charge in [0.15, 0.2) is 5.43 Å². The van der Waals surface area contributed by atoms with E-state index in [-0.39, 0.29) is 11.0 Å². The second kappa shape index (κ2) is 9.02. The normalized spacial score (nSPS) is 19.5. The van der Waals surface area contributed by atoms with Gasteiger partial charge in [0.25, 0.3) is 5.56 Å². The van der Waals surface area contributed by atoms with Crippen molar-refractivity contribution < 1.29 is 9.15 Å². The predicted molar refractivity (Wildman–Crippen MR) is 136 cm³/mol. The van der Waals surface area contributed by atoms with Crippen LogP contribution in [-0.2, 0) is 6.54 Å². The van der Waals surface area contributed by atoms with Crippen LogP contribution in [-0.4, -0.2) is 35.7 Å². The number of rotatable bonds is 5. The maximum absolute atomic E-state index is 13.0. The van der Waals surface area contributed by atoms with Gasteiger partial charge in [-0.15, -0.1) is 0 Å². The van der Waals surface area contributed by atoms with E-state index in [1.807, 2.05) is 28.8 Å². The first-order chi connectivity index (χ1) is 17.0. The van der Waals surface area contributed by atoms with E-state index in [9.17, 15) is 9.59 Å². The molecule has 6 nitrogen and oxygen atoms in total. The molecule has 4 aromatic rings. The lowest BCUT2D eigenvalue weighted by atomic mass is 9.83. The van der Waals surface area contributed by atoms with Gasteiger partial charge in [-0.3, -0.25) is 14.5 Å². The molecule has 2 aliphatic heterocycles. The molecule has 0 aliphatic carbocycles. The van der Waals surface area contributed by atoms with E-state index < -0.39 is 0 Å². The van der Waals surface area contributed by atoms with Crippen molar-refractivity contribution in [2.45, 2.75) is 18.9 Å². The van der Waals surface area contributed by atoms with Gasteiger partial charge >= 0.3 is 0 Å². The average molecular weight is 489 g/mol. The van der Waals surface area contributed by atoms with E-state index in [2.05, 4.69) is 11.0 Å². The fraction of sp³-hybridized carbons (Fsp3) is 0.286. The van der Waals surface area contributed by atoms with Gasteiger partial charge in [0.2, 0.25) is 0 Å². The Hall–Kier alpha value is -3.35. The highest BCUT2D eigenvalue weighted by Gasteiger charge is 2.34. The van der Waals surface area contributed by atoms with E-state index in [0.717, 1.165) is 43.9 Å². The molecule has 2 aromatic carbocycles. The zero-order valence-electron chi connectivity index (χ0n) is 19.2. The summed E-state index contributed by atoms with van der Waals surface area (Å²) >= 11 is 5.96. The number of ether oxygens (including phenoxy) is 1. The molecule has 0 N–H and O–H groups in total. The number of hydrogen-bond donors (Lipinski definition) is 0. The van der Waals surface area contributed by atoms with Crippen LogP contribution >= 0.6 is 11.6 Å². The second-order valence-corrected chi connectivity index (χ2v) is 9.89. The molecule has 1 saturated heterocycles. The third-order valence-corrected chi connectivity index (χ3v) is 7.38. The van der Waals surface area contributed by atoms with Crippen molar-refractivity contribution in [1.82, 2.24) is 9.47 Å². The first-order valence-electron chi connectivity index (χ1n) is 11.9. The molecule has 2 unspecified atom stereocenters. The van der Waals surface area contributed by atoms with Gasteiger partial charge < -0.3 is 13.7 Å². The van der Waals surface area contributed by atoms with E-state index in [1.165, 1.54) is 6.26 Å². The monoisotopic (exact) mass is 488 g/mol. The topological polar surface area (TPSA) is 64.7 Å². The molecule has 6 rings (SSSR count). The SMILES string of the molecule is O=c1c(-c2ccc(Cl)cc2)coc2cc(OCCN3CC4CC(C3)c3cccc(=O)n3C4)ccc12. The van der Waals surface area contributed by atoms with Crippen LogP contribution in [0.1, 0.15) is 18.0 Å². The first kappa shape index (κ1) is 22.1. The maximum Gasteiger partial charge on any atom is 0.250 e. The zero-order chi connectivity index (χ0) is 23.9. The van der Waals surface area contributed by atoms with E-state index in [1.54, 1.807) is 30.3 Å². The fourth-order valence-electron chi connectivity index (χ4n) is 5.50. The van der Waals surface area contributed by atoms with Gasteiger partial charge in [0.1, 0.15) is 24.2 Å². The summed E-state index contributed by atoms with van der Waals surface area (Å²) in [4.78, 5) is 27.6. The molecule has 0 spiro atoms. The molecule has 178 valence electrons. The summed E-state index contributed by atoms with van der Waals surface area (Å²) in [5.41, 5.74) is 2.95. The fourth-order valence-corrected chi connectivity index (χ4v) is 5.62. The van der Waals surface area contributed by atoms with Crippen molar-refractivity contribution in [2.24, 2.45) is 5.92 Å². The van der Waals surface area contributed by atoms with Crippen LogP contribution in [0.4, 0.5) is 0 Å². The van der Waals surface area contributed by atoms with Crippen LogP contribution < -0.4 is 15.7 Å². The standard InChI is InChI=1S/C28H25ClN2O4/c29-21-6-4-19(5-7-21)24-17-35-26-13-22(8-9-23(26)28(24)33)34-11-10-30-14-18-12-20(16-30)25-2-1-3-27(32)31(25)15-18/h1-9,13,17-18,20H,10-12,14-16H2. The Labute approximate surface area is 207 Å². The van der Waals surface area contributed by atoms with Crippen molar-refractivity contribution in [2.75, 3.05) is 26.2 Å². The molecule has 2 bridgehead atoms. The third-order valence-electron chi connectivity index (χ3n) is 7.13. The molecule has 7 heteroatoms. The number of hydrogen-bond acceptors (Lipinski definition) is 5. The predicted octanol–water partition coefficient (Wildman–Crippen LogP) is 4.77. The van der Waals surface area contributed by atoms with Crippen molar-refractivity contribution in [3.63, 3.8) is 0 Å². The third kappa shape index (κ3) is 4.28. The van der Waals surface area contributed by atoms with Crippen LogP contribution in [0, 0.1) is 5.92 Å². The number of benzene rings is 2. The number of fused-ring (bicyclic) bond motifs is 5. The minimum absolute atomic E-state index is 0.0839. The summed E-state index contributed by atoms with van der Waals surface area (Å²) in [5, 5.41) is 1.14. The Morgan fingerprint density at radius 1 is 1.00 bits per heavy atom. The lowest BCUT2D eigenvalue weighted by Crippen LogP contribution is -2.48.